The number of halogens is 1. The Morgan fingerprint density at radius 3 is 2.39 bits per heavy atom. The third-order valence-electron chi connectivity index (χ3n) is 3.67. The third kappa shape index (κ3) is 2.99. The van der Waals surface area contributed by atoms with Gasteiger partial charge in [-0.2, -0.15) is 0 Å². The summed E-state index contributed by atoms with van der Waals surface area (Å²) in [6, 6.07) is 9.98. The summed E-state index contributed by atoms with van der Waals surface area (Å²) >= 11 is 0. The van der Waals surface area contributed by atoms with E-state index in [0.717, 1.165) is 17.2 Å². The van der Waals surface area contributed by atoms with Crippen LogP contribution in [0.25, 0.3) is 11.0 Å². The van der Waals surface area contributed by atoms with Gasteiger partial charge in [-0.25, -0.2) is 4.39 Å². The number of fused-ring (bicyclic) bond motifs is 1. The van der Waals surface area contributed by atoms with E-state index in [-0.39, 0.29) is 11.2 Å². The van der Waals surface area contributed by atoms with Crippen LogP contribution in [0.5, 0.6) is 0 Å². The lowest BCUT2D eigenvalue weighted by molar-refractivity contribution is 0.0997. The zero-order valence-electron chi connectivity index (χ0n) is 12.6. The predicted molar refractivity (Wildman–Crippen MR) is 86.3 cm³/mol. The van der Waals surface area contributed by atoms with Gasteiger partial charge < -0.3 is 9.73 Å². The number of nitrogens with one attached hydrogen (secondary N) is 1. The summed E-state index contributed by atoms with van der Waals surface area (Å²) in [6.07, 6.45) is 0. The molecule has 0 saturated heterocycles. The number of hydrogen-bond donors (Lipinski definition) is 1. The lowest BCUT2D eigenvalue weighted by Crippen LogP contribution is -2.15. The molecule has 3 rings (SSSR count). The molecule has 0 radical (unpaired) electrons. The number of aryl methyl sites for hydroxylation is 2. The van der Waals surface area contributed by atoms with Crippen LogP contribution >= 0.6 is 0 Å². The van der Waals surface area contributed by atoms with Gasteiger partial charge in [-0.3, -0.25) is 9.59 Å². The van der Waals surface area contributed by atoms with Crippen LogP contribution in [0, 0.1) is 19.7 Å². The van der Waals surface area contributed by atoms with Crippen LogP contribution in [0.4, 0.5) is 10.1 Å². The van der Waals surface area contributed by atoms with Crippen LogP contribution in [0.3, 0.4) is 0 Å². The van der Waals surface area contributed by atoms with E-state index < -0.39 is 11.7 Å². The Hall–Kier alpha value is -2.95. The summed E-state index contributed by atoms with van der Waals surface area (Å²) in [5.74, 6) is -1.05. The molecule has 2 aromatic carbocycles. The first-order chi connectivity index (χ1) is 10.9. The Morgan fingerprint density at radius 2 is 1.70 bits per heavy atom. The highest BCUT2D eigenvalue weighted by molar-refractivity contribution is 6.03. The molecule has 0 aliphatic rings. The van der Waals surface area contributed by atoms with Crippen LogP contribution in [0.15, 0.2) is 51.7 Å². The van der Waals surface area contributed by atoms with E-state index >= 15 is 0 Å². The fraction of sp³-hybridized carbons (Fsp3) is 0.111. The quantitative estimate of drug-likeness (QED) is 0.783. The van der Waals surface area contributed by atoms with E-state index in [1.54, 1.807) is 12.1 Å². The second-order valence-electron chi connectivity index (χ2n) is 5.37. The van der Waals surface area contributed by atoms with Crippen molar-refractivity contribution in [3.63, 3.8) is 0 Å². The van der Waals surface area contributed by atoms with E-state index in [2.05, 4.69) is 5.32 Å². The highest BCUT2D eigenvalue weighted by atomic mass is 19.1. The SMILES string of the molecule is Cc1cc2oc(C(=O)Nc3ccc(F)cc3)cc(=O)c2cc1C. The van der Waals surface area contributed by atoms with Gasteiger partial charge in [0.25, 0.3) is 5.91 Å². The van der Waals surface area contributed by atoms with Crippen molar-refractivity contribution in [1.29, 1.82) is 0 Å². The summed E-state index contributed by atoms with van der Waals surface area (Å²) < 4.78 is 18.4. The molecule has 3 aromatic rings. The van der Waals surface area contributed by atoms with E-state index in [0.29, 0.717) is 16.7 Å². The molecule has 1 N–H and O–H groups in total. The number of rotatable bonds is 2. The standard InChI is InChI=1S/C18H14FNO3/c1-10-7-14-15(21)9-17(23-16(14)8-11(10)2)18(22)20-13-5-3-12(19)4-6-13/h3-9H,1-2H3,(H,20,22). The fourth-order valence-electron chi connectivity index (χ4n) is 2.25. The van der Waals surface area contributed by atoms with E-state index in [1.807, 2.05) is 13.8 Å². The molecule has 1 amide bonds. The molecule has 5 heteroatoms. The molecule has 0 atom stereocenters. The molecule has 1 heterocycles. The Kier molecular flexibility index (Phi) is 3.70. The van der Waals surface area contributed by atoms with Crippen molar-refractivity contribution in [2.24, 2.45) is 0 Å². The maximum absolute atomic E-state index is 12.9. The monoisotopic (exact) mass is 311 g/mol. The van der Waals surface area contributed by atoms with Crippen molar-refractivity contribution in [2.75, 3.05) is 5.32 Å². The van der Waals surface area contributed by atoms with Gasteiger partial charge in [0.1, 0.15) is 11.4 Å². The summed E-state index contributed by atoms with van der Waals surface area (Å²) in [6.45, 7) is 3.81. The largest absolute Gasteiger partial charge is 0.451 e. The van der Waals surface area contributed by atoms with Crippen LogP contribution < -0.4 is 10.7 Å². The average molecular weight is 311 g/mol. The molecule has 116 valence electrons. The van der Waals surface area contributed by atoms with E-state index in [4.69, 9.17) is 4.42 Å². The summed E-state index contributed by atoms with van der Waals surface area (Å²) in [4.78, 5) is 24.4. The first-order valence-electron chi connectivity index (χ1n) is 7.06. The molecule has 23 heavy (non-hydrogen) atoms. The number of carbonyl (C=O) groups excluding carboxylic acids is 1. The molecular formula is C18H14FNO3. The van der Waals surface area contributed by atoms with Gasteiger partial charge >= 0.3 is 0 Å². The number of anilines is 1. The zero-order valence-corrected chi connectivity index (χ0v) is 12.6. The molecule has 0 fully saturated rings. The van der Waals surface area contributed by atoms with Gasteiger partial charge in [-0.05, 0) is 61.4 Å². The summed E-state index contributed by atoms with van der Waals surface area (Å²) in [7, 11) is 0. The Balaban J connectivity index is 1.99. The minimum atomic E-state index is -0.561. The molecule has 0 aliphatic heterocycles. The minimum absolute atomic E-state index is 0.0879. The topological polar surface area (TPSA) is 59.3 Å². The lowest BCUT2D eigenvalue weighted by Gasteiger charge is -2.07. The second kappa shape index (κ2) is 5.68. The minimum Gasteiger partial charge on any atom is -0.451 e. The summed E-state index contributed by atoms with van der Waals surface area (Å²) in [5, 5.41) is 3.00. The normalized spacial score (nSPS) is 10.7. The Morgan fingerprint density at radius 1 is 1.04 bits per heavy atom. The Labute approximate surface area is 131 Å². The second-order valence-corrected chi connectivity index (χ2v) is 5.37. The molecule has 4 nitrogen and oxygen atoms in total. The van der Waals surface area contributed by atoms with Crippen LogP contribution in [0.2, 0.25) is 0 Å². The van der Waals surface area contributed by atoms with Gasteiger partial charge in [-0.15, -0.1) is 0 Å². The van der Waals surface area contributed by atoms with Gasteiger partial charge in [0.2, 0.25) is 0 Å². The van der Waals surface area contributed by atoms with Crippen molar-refractivity contribution in [3.8, 4) is 0 Å². The molecule has 0 bridgehead atoms. The molecular weight excluding hydrogens is 297 g/mol. The predicted octanol–water partition coefficient (Wildman–Crippen LogP) is 3.80. The van der Waals surface area contributed by atoms with Crippen molar-refractivity contribution < 1.29 is 13.6 Å². The van der Waals surface area contributed by atoms with Gasteiger partial charge in [0.05, 0.1) is 5.39 Å². The highest BCUT2D eigenvalue weighted by Gasteiger charge is 2.13. The summed E-state index contributed by atoms with van der Waals surface area (Å²) in [5.41, 5.74) is 2.45. The van der Waals surface area contributed by atoms with Crippen molar-refractivity contribution in [2.45, 2.75) is 13.8 Å². The first kappa shape index (κ1) is 15.0. The zero-order chi connectivity index (χ0) is 16.6. The van der Waals surface area contributed by atoms with E-state index in [1.165, 1.54) is 24.3 Å². The number of hydrogen-bond acceptors (Lipinski definition) is 3. The van der Waals surface area contributed by atoms with Crippen molar-refractivity contribution in [3.05, 3.63) is 75.4 Å². The maximum atomic E-state index is 12.9. The fourth-order valence-corrected chi connectivity index (χ4v) is 2.25. The van der Waals surface area contributed by atoms with Crippen LogP contribution in [-0.2, 0) is 0 Å². The average Bonchev–Trinajstić information content (AvgIpc) is 2.51. The third-order valence-corrected chi connectivity index (χ3v) is 3.67. The van der Waals surface area contributed by atoms with Crippen LogP contribution in [-0.4, -0.2) is 5.91 Å². The van der Waals surface area contributed by atoms with Crippen molar-refractivity contribution >= 4 is 22.6 Å². The number of carbonyl (C=O) groups is 1. The molecule has 0 saturated carbocycles. The maximum Gasteiger partial charge on any atom is 0.291 e. The molecule has 0 unspecified atom stereocenters. The highest BCUT2D eigenvalue weighted by Crippen LogP contribution is 2.18. The van der Waals surface area contributed by atoms with Gasteiger partial charge in [0, 0.05) is 11.8 Å². The molecule has 0 spiro atoms. The number of amides is 1. The van der Waals surface area contributed by atoms with E-state index in [9.17, 15) is 14.0 Å². The number of benzene rings is 2. The van der Waals surface area contributed by atoms with Crippen LogP contribution in [0.1, 0.15) is 21.7 Å². The Bertz CT molecular complexity index is 958. The smallest absolute Gasteiger partial charge is 0.291 e. The van der Waals surface area contributed by atoms with Gasteiger partial charge in [-0.1, -0.05) is 0 Å². The van der Waals surface area contributed by atoms with Crippen molar-refractivity contribution in [1.82, 2.24) is 0 Å². The first-order valence-corrected chi connectivity index (χ1v) is 7.06. The molecule has 0 aliphatic carbocycles. The van der Waals surface area contributed by atoms with Gasteiger partial charge in [0.15, 0.2) is 11.2 Å². The lowest BCUT2D eigenvalue weighted by atomic mass is 10.1. The molecule has 1 aromatic heterocycles.